The molecule has 1 N–H and O–H groups in total. The van der Waals surface area contributed by atoms with Crippen LogP contribution in [0.2, 0.25) is 0 Å². The Morgan fingerprint density at radius 2 is 1.32 bits per heavy atom. The van der Waals surface area contributed by atoms with E-state index < -0.39 is 0 Å². The number of hydrogen-bond donors (Lipinski definition) is 1. The van der Waals surface area contributed by atoms with Crippen molar-refractivity contribution in [2.75, 3.05) is 6.61 Å². The minimum Gasteiger partial charge on any atom is -0.445 e. The predicted molar refractivity (Wildman–Crippen MR) is 160 cm³/mol. The van der Waals surface area contributed by atoms with E-state index in [9.17, 15) is 4.79 Å². The fourth-order valence-corrected chi connectivity index (χ4v) is 7.58. The molecular formula is C34H57NO2. The van der Waals surface area contributed by atoms with Crippen molar-refractivity contribution in [2.45, 2.75) is 138 Å². The van der Waals surface area contributed by atoms with E-state index in [4.69, 9.17) is 4.74 Å². The summed E-state index contributed by atoms with van der Waals surface area (Å²) in [6, 6.07) is 0. The number of alkyl carbamates (subject to hydrolysis) is 1. The molecule has 2 bridgehead atoms. The van der Waals surface area contributed by atoms with Gasteiger partial charge in [-0.2, -0.15) is 0 Å². The van der Waals surface area contributed by atoms with E-state index in [1.54, 1.807) is 0 Å². The number of rotatable bonds is 12. The normalized spacial score (nSPS) is 28.0. The number of amides is 1. The summed E-state index contributed by atoms with van der Waals surface area (Å²) in [5.41, 5.74) is 6.08. The molecule has 1 amide bonds. The fraction of sp³-hybridized carbons (Fsp3) is 0.735. The summed E-state index contributed by atoms with van der Waals surface area (Å²) in [5, 5.41) is 3.34. The van der Waals surface area contributed by atoms with Gasteiger partial charge in [-0.05, 0) is 128 Å². The van der Waals surface area contributed by atoms with Crippen LogP contribution in [0.3, 0.4) is 0 Å². The third-order valence-electron chi connectivity index (χ3n) is 8.24. The summed E-state index contributed by atoms with van der Waals surface area (Å²) in [6.45, 7) is 20.8. The van der Waals surface area contributed by atoms with Crippen LogP contribution in [0.5, 0.6) is 0 Å². The summed E-state index contributed by atoms with van der Waals surface area (Å²) in [5.74, 6) is 0.640. The number of fused-ring (bicyclic) bond motifs is 2. The maximum atomic E-state index is 12.8. The molecule has 0 aromatic heterocycles. The van der Waals surface area contributed by atoms with Crippen LogP contribution in [0.25, 0.3) is 0 Å². The lowest BCUT2D eigenvalue weighted by molar-refractivity contribution is -0.0407. The minimum atomic E-state index is -0.252. The lowest BCUT2D eigenvalue weighted by Gasteiger charge is -2.58. The zero-order chi connectivity index (χ0) is 27.7. The van der Waals surface area contributed by atoms with Crippen molar-refractivity contribution in [2.24, 2.45) is 16.7 Å². The Labute approximate surface area is 229 Å². The quantitative estimate of drug-likeness (QED) is 0.265. The third-order valence-corrected chi connectivity index (χ3v) is 8.24. The van der Waals surface area contributed by atoms with E-state index in [1.807, 2.05) is 0 Å². The maximum Gasteiger partial charge on any atom is 0.407 e. The van der Waals surface area contributed by atoms with Crippen LogP contribution in [0.4, 0.5) is 4.79 Å². The van der Waals surface area contributed by atoms with Gasteiger partial charge in [-0.1, -0.05) is 68.2 Å². The molecule has 2 aliphatic carbocycles. The molecule has 37 heavy (non-hydrogen) atoms. The first-order valence-electron chi connectivity index (χ1n) is 14.8. The maximum absolute atomic E-state index is 12.8. The first kappa shape index (κ1) is 31.4. The van der Waals surface area contributed by atoms with Gasteiger partial charge in [0.15, 0.2) is 0 Å². The third kappa shape index (κ3) is 11.7. The minimum absolute atomic E-state index is 0.119. The average Bonchev–Trinajstić information content (AvgIpc) is 2.70. The first-order valence-corrected chi connectivity index (χ1v) is 14.8. The molecule has 0 heterocycles. The number of allylic oxidation sites excluding steroid dienone is 7. The van der Waals surface area contributed by atoms with Crippen LogP contribution in [0, 0.1) is 16.7 Å². The van der Waals surface area contributed by atoms with Gasteiger partial charge in [0.1, 0.15) is 6.61 Å². The number of nitrogens with one attached hydrogen (secondary N) is 1. The molecule has 2 fully saturated rings. The molecule has 3 unspecified atom stereocenters. The van der Waals surface area contributed by atoms with Crippen molar-refractivity contribution in [3.63, 3.8) is 0 Å². The molecule has 0 aromatic rings. The molecule has 3 heteroatoms. The number of hydrogen-bond acceptors (Lipinski definition) is 2. The predicted octanol–water partition coefficient (Wildman–Crippen LogP) is 10.2. The standard InChI is InChI=1S/C34H57NO2/c1-26(2)13-10-14-27(3)15-11-16-28(4)17-12-18-29(5)19-20-37-31(36)35-34-22-30(6)21-33(9,25-34)23-32(7,8)24-34/h13,15,17,19,30H,10-12,14,16,18,20-25H2,1-9H3,(H,35,36). The first-order chi connectivity index (χ1) is 17.2. The molecule has 2 rings (SSSR count). The van der Waals surface area contributed by atoms with Crippen molar-refractivity contribution >= 4 is 6.09 Å². The molecule has 2 saturated carbocycles. The zero-order valence-electron chi connectivity index (χ0n) is 25.7. The second kappa shape index (κ2) is 13.9. The second-order valence-electron chi connectivity index (χ2n) is 14.1. The summed E-state index contributed by atoms with van der Waals surface area (Å²) < 4.78 is 5.63. The lowest BCUT2D eigenvalue weighted by atomic mass is 9.50. The van der Waals surface area contributed by atoms with E-state index in [-0.39, 0.29) is 17.0 Å². The van der Waals surface area contributed by atoms with Gasteiger partial charge in [-0.25, -0.2) is 4.79 Å². The van der Waals surface area contributed by atoms with Gasteiger partial charge in [0.2, 0.25) is 0 Å². The smallest absolute Gasteiger partial charge is 0.407 e. The fourth-order valence-electron chi connectivity index (χ4n) is 7.58. The summed E-state index contributed by atoms with van der Waals surface area (Å²) >= 11 is 0. The van der Waals surface area contributed by atoms with Crippen molar-refractivity contribution < 1.29 is 9.53 Å². The van der Waals surface area contributed by atoms with E-state index >= 15 is 0 Å². The summed E-state index contributed by atoms with van der Waals surface area (Å²) in [4.78, 5) is 12.8. The highest BCUT2D eigenvalue weighted by atomic mass is 16.5. The summed E-state index contributed by atoms with van der Waals surface area (Å²) in [6.07, 6.45) is 21.2. The highest BCUT2D eigenvalue weighted by molar-refractivity contribution is 5.68. The Kier molecular flexibility index (Phi) is 11.8. The van der Waals surface area contributed by atoms with Gasteiger partial charge >= 0.3 is 6.09 Å². The Balaban J connectivity index is 1.72. The molecule has 0 radical (unpaired) electrons. The summed E-state index contributed by atoms with van der Waals surface area (Å²) in [7, 11) is 0. The molecule has 0 saturated heterocycles. The Morgan fingerprint density at radius 1 is 0.784 bits per heavy atom. The van der Waals surface area contributed by atoms with Gasteiger partial charge in [0.05, 0.1) is 0 Å². The number of carbonyl (C=O) groups is 1. The van der Waals surface area contributed by atoms with Crippen LogP contribution in [0.15, 0.2) is 46.6 Å². The van der Waals surface area contributed by atoms with Crippen LogP contribution in [0.1, 0.15) is 133 Å². The highest BCUT2D eigenvalue weighted by Gasteiger charge is 2.53. The Bertz CT molecular complexity index is 881. The van der Waals surface area contributed by atoms with Gasteiger partial charge in [0.25, 0.3) is 0 Å². The molecule has 210 valence electrons. The van der Waals surface area contributed by atoms with Crippen LogP contribution >= 0.6 is 0 Å². The van der Waals surface area contributed by atoms with Gasteiger partial charge < -0.3 is 10.1 Å². The largest absolute Gasteiger partial charge is 0.445 e. The Hall–Kier alpha value is -1.77. The zero-order valence-corrected chi connectivity index (χ0v) is 25.7. The van der Waals surface area contributed by atoms with Crippen molar-refractivity contribution in [3.05, 3.63) is 46.6 Å². The molecular weight excluding hydrogens is 454 g/mol. The molecule has 0 aromatic carbocycles. The molecule has 0 aliphatic heterocycles. The molecule has 2 aliphatic rings. The molecule has 3 nitrogen and oxygen atoms in total. The number of carbonyl (C=O) groups excluding carboxylic acids is 1. The monoisotopic (exact) mass is 511 g/mol. The number of ether oxygens (including phenoxy) is 1. The van der Waals surface area contributed by atoms with Crippen LogP contribution in [-0.2, 0) is 4.74 Å². The molecule has 0 spiro atoms. The van der Waals surface area contributed by atoms with E-state index in [0.29, 0.717) is 17.9 Å². The van der Waals surface area contributed by atoms with E-state index in [0.717, 1.165) is 57.8 Å². The van der Waals surface area contributed by atoms with Gasteiger partial charge in [-0.15, -0.1) is 0 Å². The van der Waals surface area contributed by atoms with Crippen molar-refractivity contribution in [1.82, 2.24) is 5.32 Å². The second-order valence-corrected chi connectivity index (χ2v) is 14.1. The van der Waals surface area contributed by atoms with Crippen molar-refractivity contribution in [1.29, 1.82) is 0 Å². The Morgan fingerprint density at radius 3 is 1.89 bits per heavy atom. The van der Waals surface area contributed by atoms with Crippen molar-refractivity contribution in [3.8, 4) is 0 Å². The van der Waals surface area contributed by atoms with E-state index in [2.05, 4.69) is 91.9 Å². The lowest BCUT2D eigenvalue weighted by Crippen LogP contribution is -2.60. The van der Waals surface area contributed by atoms with E-state index in [1.165, 1.54) is 35.1 Å². The van der Waals surface area contributed by atoms with Crippen LogP contribution < -0.4 is 5.32 Å². The van der Waals surface area contributed by atoms with Gasteiger partial charge in [-0.3, -0.25) is 0 Å². The van der Waals surface area contributed by atoms with Gasteiger partial charge in [0, 0.05) is 5.54 Å². The topological polar surface area (TPSA) is 38.3 Å². The highest BCUT2D eigenvalue weighted by Crippen LogP contribution is 2.58. The average molecular weight is 512 g/mol. The van der Waals surface area contributed by atoms with Crippen LogP contribution in [-0.4, -0.2) is 18.2 Å². The molecule has 3 atom stereocenters. The SMILES string of the molecule is CC(C)=CCCC(C)=CCCC(C)=CCCC(C)=CCOC(=O)NC12CC(C)CC(C)(CC(C)(C)C1)C2.